The van der Waals surface area contributed by atoms with Gasteiger partial charge in [0.25, 0.3) is 0 Å². The summed E-state index contributed by atoms with van der Waals surface area (Å²) in [5.41, 5.74) is 1.08. The number of hydrogen-bond acceptors (Lipinski definition) is 5. The van der Waals surface area contributed by atoms with E-state index in [4.69, 9.17) is 4.74 Å². The van der Waals surface area contributed by atoms with Crippen molar-refractivity contribution in [2.45, 2.75) is 19.5 Å². The fourth-order valence-corrected chi connectivity index (χ4v) is 3.82. The van der Waals surface area contributed by atoms with E-state index in [-0.39, 0.29) is 35.8 Å². The molecule has 2 N–H and O–H groups in total. The quantitative estimate of drug-likeness (QED) is 0.349. The largest absolute Gasteiger partial charge is 0.379 e. The number of rotatable bonds is 6. The van der Waals surface area contributed by atoms with Crippen LogP contribution in [0.25, 0.3) is 0 Å². The van der Waals surface area contributed by atoms with Crippen LogP contribution in [0.4, 0.5) is 4.39 Å². The Bertz CT molecular complexity index is 749. The molecule has 0 spiro atoms. The summed E-state index contributed by atoms with van der Waals surface area (Å²) in [6.07, 6.45) is 1.88. The van der Waals surface area contributed by atoms with Crippen molar-refractivity contribution in [1.82, 2.24) is 20.5 Å². The van der Waals surface area contributed by atoms with Crippen molar-refractivity contribution in [1.29, 1.82) is 0 Å². The van der Waals surface area contributed by atoms with Gasteiger partial charge in [-0.05, 0) is 24.6 Å². The molecule has 0 aliphatic carbocycles. The van der Waals surface area contributed by atoms with Crippen molar-refractivity contribution in [2.24, 2.45) is 4.99 Å². The summed E-state index contributed by atoms with van der Waals surface area (Å²) in [6, 6.07) is 6.86. The second kappa shape index (κ2) is 11.6. The van der Waals surface area contributed by atoms with E-state index in [0.717, 1.165) is 29.6 Å². The van der Waals surface area contributed by atoms with Gasteiger partial charge in [-0.25, -0.2) is 9.37 Å². The van der Waals surface area contributed by atoms with Crippen molar-refractivity contribution in [3.05, 3.63) is 51.7 Å². The molecule has 0 saturated carbocycles. The highest BCUT2D eigenvalue weighted by Crippen LogP contribution is 2.21. The van der Waals surface area contributed by atoms with Crippen molar-refractivity contribution < 1.29 is 9.13 Å². The molecule has 2 heterocycles. The number of morpholine rings is 1. The number of nitrogens with zero attached hydrogens (tertiary/aromatic N) is 3. The smallest absolute Gasteiger partial charge is 0.191 e. The first-order chi connectivity index (χ1) is 13.2. The number of guanidine groups is 1. The van der Waals surface area contributed by atoms with Crippen LogP contribution in [0.3, 0.4) is 0 Å². The van der Waals surface area contributed by atoms with Crippen LogP contribution in [0.5, 0.6) is 0 Å². The lowest BCUT2D eigenvalue weighted by Gasteiger charge is -2.35. The number of benzene rings is 1. The number of aromatic nitrogens is 1. The maximum Gasteiger partial charge on any atom is 0.191 e. The third kappa shape index (κ3) is 6.64. The zero-order valence-corrected chi connectivity index (χ0v) is 19.3. The summed E-state index contributed by atoms with van der Waals surface area (Å²) in [5, 5.41) is 7.72. The van der Waals surface area contributed by atoms with Crippen LogP contribution < -0.4 is 10.6 Å². The minimum absolute atomic E-state index is 0. The fraction of sp³-hybridized carbons (Fsp3) is 0.474. The summed E-state index contributed by atoms with van der Waals surface area (Å²) >= 11 is 1.67. The molecule has 1 aliphatic rings. The highest BCUT2D eigenvalue weighted by molar-refractivity contribution is 14.0. The van der Waals surface area contributed by atoms with Crippen LogP contribution in [-0.2, 0) is 11.3 Å². The standard InChI is InChI=1S/C19H26FN5OS.HI/c1-14-11-22-18(27-14)13-24-19(21-2)23-12-17(25-7-9-26-10-8-25)15-3-5-16(20)6-4-15;/h3-6,11,17H,7-10,12-13H2,1-2H3,(H2,21,23,24);1H. The number of halogens is 2. The van der Waals surface area contributed by atoms with Gasteiger partial charge in [-0.1, -0.05) is 12.1 Å². The van der Waals surface area contributed by atoms with Gasteiger partial charge in [0, 0.05) is 37.8 Å². The lowest BCUT2D eigenvalue weighted by molar-refractivity contribution is 0.0170. The van der Waals surface area contributed by atoms with E-state index in [1.165, 1.54) is 17.0 Å². The van der Waals surface area contributed by atoms with Gasteiger partial charge >= 0.3 is 0 Å². The average Bonchev–Trinajstić information content (AvgIpc) is 3.11. The third-order valence-electron chi connectivity index (χ3n) is 4.50. The van der Waals surface area contributed by atoms with Crippen LogP contribution in [0, 0.1) is 12.7 Å². The molecular formula is C19H27FIN5OS. The molecule has 0 amide bonds. The first-order valence-electron chi connectivity index (χ1n) is 9.09. The highest BCUT2D eigenvalue weighted by Gasteiger charge is 2.23. The van der Waals surface area contributed by atoms with Crippen LogP contribution in [0.1, 0.15) is 21.5 Å². The molecule has 6 nitrogen and oxygen atoms in total. The molecule has 9 heteroatoms. The van der Waals surface area contributed by atoms with E-state index in [9.17, 15) is 4.39 Å². The van der Waals surface area contributed by atoms with Gasteiger partial charge < -0.3 is 15.4 Å². The molecule has 1 aromatic carbocycles. The lowest BCUT2D eigenvalue weighted by Crippen LogP contribution is -2.46. The summed E-state index contributed by atoms with van der Waals surface area (Å²) in [5.74, 6) is 0.506. The van der Waals surface area contributed by atoms with Crippen LogP contribution in [0.15, 0.2) is 35.5 Å². The third-order valence-corrected chi connectivity index (χ3v) is 5.42. The van der Waals surface area contributed by atoms with Gasteiger partial charge in [0.15, 0.2) is 5.96 Å². The van der Waals surface area contributed by atoms with Gasteiger partial charge in [0.2, 0.25) is 0 Å². The minimum Gasteiger partial charge on any atom is -0.379 e. The first kappa shape index (κ1) is 23.0. The van der Waals surface area contributed by atoms with E-state index >= 15 is 0 Å². The molecule has 28 heavy (non-hydrogen) atoms. The predicted molar refractivity (Wildman–Crippen MR) is 122 cm³/mol. The maximum atomic E-state index is 13.3. The van der Waals surface area contributed by atoms with E-state index in [1.807, 2.05) is 25.3 Å². The lowest BCUT2D eigenvalue weighted by atomic mass is 10.0. The van der Waals surface area contributed by atoms with Crippen LogP contribution in [0.2, 0.25) is 0 Å². The molecule has 2 aromatic rings. The average molecular weight is 519 g/mol. The van der Waals surface area contributed by atoms with Crippen molar-refractivity contribution >= 4 is 41.3 Å². The Balaban J connectivity index is 0.00000280. The van der Waals surface area contributed by atoms with Gasteiger partial charge in [-0.2, -0.15) is 0 Å². The van der Waals surface area contributed by atoms with Gasteiger partial charge in [0.1, 0.15) is 10.8 Å². The molecular weight excluding hydrogens is 492 g/mol. The Kier molecular flexibility index (Phi) is 9.56. The Labute approximate surface area is 186 Å². The number of thiazole rings is 1. The van der Waals surface area contributed by atoms with Crippen molar-refractivity contribution in [3.63, 3.8) is 0 Å². The molecule has 1 unspecified atom stereocenters. The summed E-state index contributed by atoms with van der Waals surface area (Å²) < 4.78 is 18.8. The Morgan fingerprint density at radius 1 is 1.29 bits per heavy atom. The van der Waals surface area contributed by atoms with E-state index < -0.39 is 0 Å². The zero-order valence-electron chi connectivity index (χ0n) is 16.2. The van der Waals surface area contributed by atoms with Crippen molar-refractivity contribution in [2.75, 3.05) is 39.9 Å². The maximum absolute atomic E-state index is 13.3. The van der Waals surface area contributed by atoms with Gasteiger partial charge in [-0.3, -0.25) is 9.89 Å². The predicted octanol–water partition coefficient (Wildman–Crippen LogP) is 2.95. The fourth-order valence-electron chi connectivity index (χ4n) is 3.09. The van der Waals surface area contributed by atoms with Crippen LogP contribution >= 0.6 is 35.3 Å². The van der Waals surface area contributed by atoms with Gasteiger partial charge in [-0.15, -0.1) is 35.3 Å². The molecule has 0 radical (unpaired) electrons. The molecule has 1 aliphatic heterocycles. The molecule has 1 saturated heterocycles. The molecule has 0 bridgehead atoms. The number of aliphatic imine (C=N–C) groups is 1. The number of aryl methyl sites for hydroxylation is 1. The minimum atomic E-state index is -0.219. The first-order valence-corrected chi connectivity index (χ1v) is 9.90. The summed E-state index contributed by atoms with van der Waals surface area (Å²) in [4.78, 5) is 12.2. The summed E-state index contributed by atoms with van der Waals surface area (Å²) in [7, 11) is 1.75. The SMILES string of the molecule is CN=C(NCc1ncc(C)s1)NCC(c1ccc(F)cc1)N1CCOCC1.I. The number of hydrogen-bond donors (Lipinski definition) is 2. The Hall–Kier alpha value is -1.30. The molecule has 1 atom stereocenters. The topological polar surface area (TPSA) is 61.8 Å². The summed E-state index contributed by atoms with van der Waals surface area (Å²) in [6.45, 7) is 6.49. The van der Waals surface area contributed by atoms with Crippen LogP contribution in [-0.4, -0.2) is 55.7 Å². The van der Waals surface area contributed by atoms with E-state index in [2.05, 4.69) is 25.5 Å². The second-order valence-electron chi connectivity index (χ2n) is 6.39. The Morgan fingerprint density at radius 3 is 2.61 bits per heavy atom. The van der Waals surface area contributed by atoms with E-state index in [0.29, 0.717) is 26.3 Å². The molecule has 1 fully saturated rings. The zero-order chi connectivity index (χ0) is 19.1. The number of nitrogens with one attached hydrogen (secondary N) is 2. The Morgan fingerprint density at radius 2 is 2.00 bits per heavy atom. The number of ether oxygens (including phenoxy) is 1. The monoisotopic (exact) mass is 519 g/mol. The normalized spacial score (nSPS) is 16.3. The van der Waals surface area contributed by atoms with Crippen molar-refractivity contribution in [3.8, 4) is 0 Å². The van der Waals surface area contributed by atoms with Gasteiger partial charge in [0.05, 0.1) is 25.8 Å². The molecule has 154 valence electrons. The second-order valence-corrected chi connectivity index (χ2v) is 7.71. The highest BCUT2D eigenvalue weighted by atomic mass is 127. The molecule has 1 aromatic heterocycles. The van der Waals surface area contributed by atoms with E-state index in [1.54, 1.807) is 18.4 Å². The molecule has 3 rings (SSSR count).